The Kier molecular flexibility index (Phi) is 5.14. The van der Waals surface area contributed by atoms with Gasteiger partial charge in [-0.15, -0.1) is 11.3 Å². The number of para-hydroxylation sites is 2. The number of halogens is 1. The smallest absolute Gasteiger partial charge is 0.268 e. The van der Waals surface area contributed by atoms with E-state index in [0.717, 1.165) is 4.88 Å². The van der Waals surface area contributed by atoms with Crippen LogP contribution >= 0.6 is 22.9 Å². The normalized spacial score (nSPS) is 14.0. The lowest BCUT2D eigenvalue weighted by Crippen LogP contribution is -2.26. The standard InChI is InChI=1S/C21H18ClNO4S2/c1-3-27-17-7-5-4-6-16(17)23(2)21(24)18-10-13-12-29(25,26)19-11-14(22)8-9-15(19)20(13)28-18/h4-11H,3,12H2,1-2H3. The Bertz CT molecular complexity index is 1220. The fourth-order valence-electron chi connectivity index (χ4n) is 3.38. The number of hydrogen-bond acceptors (Lipinski definition) is 5. The van der Waals surface area contributed by atoms with E-state index >= 15 is 0 Å². The summed E-state index contributed by atoms with van der Waals surface area (Å²) < 4.78 is 31.0. The summed E-state index contributed by atoms with van der Waals surface area (Å²) in [5, 5.41) is 0.371. The predicted molar refractivity (Wildman–Crippen MR) is 116 cm³/mol. The molecule has 1 aromatic heterocycles. The lowest BCUT2D eigenvalue weighted by Gasteiger charge is -2.19. The number of benzene rings is 2. The van der Waals surface area contributed by atoms with Crippen LogP contribution in [0.15, 0.2) is 53.4 Å². The van der Waals surface area contributed by atoms with Crippen LogP contribution in [0.2, 0.25) is 5.02 Å². The molecule has 1 aliphatic rings. The molecule has 0 saturated carbocycles. The monoisotopic (exact) mass is 447 g/mol. The van der Waals surface area contributed by atoms with Crippen LogP contribution in [0.3, 0.4) is 0 Å². The van der Waals surface area contributed by atoms with E-state index in [1.54, 1.807) is 25.2 Å². The van der Waals surface area contributed by atoms with Gasteiger partial charge >= 0.3 is 0 Å². The summed E-state index contributed by atoms with van der Waals surface area (Å²) in [4.78, 5) is 16.2. The van der Waals surface area contributed by atoms with Gasteiger partial charge in [-0.1, -0.05) is 29.8 Å². The molecule has 2 heterocycles. The minimum atomic E-state index is -3.50. The molecule has 0 fully saturated rings. The Morgan fingerprint density at radius 3 is 2.72 bits per heavy atom. The van der Waals surface area contributed by atoms with Crippen LogP contribution in [0.1, 0.15) is 22.2 Å². The van der Waals surface area contributed by atoms with Crippen molar-refractivity contribution >= 4 is 44.4 Å². The van der Waals surface area contributed by atoms with Crippen molar-refractivity contribution in [1.29, 1.82) is 0 Å². The molecule has 2 aromatic carbocycles. The molecule has 0 spiro atoms. The summed E-state index contributed by atoms with van der Waals surface area (Å²) in [5.74, 6) is 0.262. The molecule has 0 bridgehead atoms. The minimum Gasteiger partial charge on any atom is -0.492 e. The number of fused-ring (bicyclic) bond motifs is 3. The van der Waals surface area contributed by atoms with Crippen LogP contribution in [0.25, 0.3) is 10.4 Å². The van der Waals surface area contributed by atoms with Crippen molar-refractivity contribution in [1.82, 2.24) is 0 Å². The summed E-state index contributed by atoms with van der Waals surface area (Å²) in [6, 6.07) is 13.8. The lowest BCUT2D eigenvalue weighted by molar-refractivity contribution is 0.0996. The molecule has 0 radical (unpaired) electrons. The van der Waals surface area contributed by atoms with Gasteiger partial charge < -0.3 is 9.64 Å². The highest BCUT2D eigenvalue weighted by Gasteiger charge is 2.32. The molecule has 4 rings (SSSR count). The van der Waals surface area contributed by atoms with E-state index in [2.05, 4.69) is 0 Å². The molecular formula is C21H18ClNO4S2. The number of thiophene rings is 1. The van der Waals surface area contributed by atoms with E-state index in [-0.39, 0.29) is 16.6 Å². The number of ether oxygens (including phenoxy) is 1. The number of nitrogens with zero attached hydrogens (tertiary/aromatic N) is 1. The van der Waals surface area contributed by atoms with E-state index < -0.39 is 9.84 Å². The van der Waals surface area contributed by atoms with Crippen molar-refractivity contribution in [3.05, 3.63) is 64.0 Å². The van der Waals surface area contributed by atoms with Crippen LogP contribution in [0.4, 0.5) is 5.69 Å². The maximum atomic E-state index is 13.2. The molecule has 0 unspecified atom stereocenters. The highest BCUT2D eigenvalue weighted by molar-refractivity contribution is 7.91. The first-order valence-electron chi connectivity index (χ1n) is 8.97. The Hall–Kier alpha value is -2.35. The van der Waals surface area contributed by atoms with E-state index in [9.17, 15) is 13.2 Å². The third-order valence-electron chi connectivity index (χ3n) is 4.72. The molecule has 0 saturated heterocycles. The zero-order valence-corrected chi connectivity index (χ0v) is 18.2. The average molecular weight is 448 g/mol. The molecule has 8 heteroatoms. The number of carbonyl (C=O) groups excluding carboxylic acids is 1. The van der Waals surface area contributed by atoms with Gasteiger partial charge in [-0.25, -0.2) is 8.42 Å². The van der Waals surface area contributed by atoms with Gasteiger partial charge in [-0.2, -0.15) is 0 Å². The third kappa shape index (κ3) is 3.54. The van der Waals surface area contributed by atoms with Crippen LogP contribution in [-0.4, -0.2) is 28.0 Å². The number of carbonyl (C=O) groups is 1. The van der Waals surface area contributed by atoms with Gasteiger partial charge in [0.15, 0.2) is 9.84 Å². The van der Waals surface area contributed by atoms with Gasteiger partial charge in [0.25, 0.3) is 5.91 Å². The van der Waals surface area contributed by atoms with Crippen molar-refractivity contribution < 1.29 is 17.9 Å². The molecule has 0 aliphatic carbocycles. The van der Waals surface area contributed by atoms with Crippen LogP contribution in [0.5, 0.6) is 5.75 Å². The molecule has 0 atom stereocenters. The predicted octanol–water partition coefficient (Wildman–Crippen LogP) is 5.03. The van der Waals surface area contributed by atoms with Gasteiger partial charge in [0.1, 0.15) is 5.75 Å². The molecule has 1 aliphatic heterocycles. The molecular weight excluding hydrogens is 430 g/mol. The minimum absolute atomic E-state index is 0.140. The summed E-state index contributed by atoms with van der Waals surface area (Å²) in [6.45, 7) is 2.37. The summed E-state index contributed by atoms with van der Waals surface area (Å²) in [5.41, 5.74) is 1.89. The van der Waals surface area contributed by atoms with Crippen molar-refractivity contribution in [2.45, 2.75) is 17.6 Å². The molecule has 1 amide bonds. The second-order valence-electron chi connectivity index (χ2n) is 6.63. The summed E-state index contributed by atoms with van der Waals surface area (Å²) in [6.07, 6.45) is 0. The first kappa shape index (κ1) is 19.9. The summed E-state index contributed by atoms with van der Waals surface area (Å²) >= 11 is 7.30. The average Bonchev–Trinajstić information content (AvgIpc) is 3.11. The second kappa shape index (κ2) is 7.48. The molecule has 150 valence electrons. The first-order chi connectivity index (χ1) is 13.8. The Morgan fingerprint density at radius 2 is 1.97 bits per heavy atom. The zero-order chi connectivity index (χ0) is 20.8. The van der Waals surface area contributed by atoms with Crippen molar-refractivity contribution in [3.63, 3.8) is 0 Å². The topological polar surface area (TPSA) is 63.7 Å². The SMILES string of the molecule is CCOc1ccccc1N(C)C(=O)c1cc2c(s1)-c1ccc(Cl)cc1S(=O)(=O)C2. The number of rotatable bonds is 4. The quantitative estimate of drug-likeness (QED) is 0.562. The van der Waals surface area contributed by atoms with E-state index in [0.29, 0.717) is 39.1 Å². The van der Waals surface area contributed by atoms with Crippen molar-refractivity contribution in [3.8, 4) is 16.2 Å². The third-order valence-corrected chi connectivity index (χ3v) is 7.85. The highest BCUT2D eigenvalue weighted by atomic mass is 35.5. The number of anilines is 1. The van der Waals surface area contributed by atoms with Gasteiger partial charge in [-0.3, -0.25) is 4.79 Å². The lowest BCUT2D eigenvalue weighted by atomic mass is 10.1. The zero-order valence-electron chi connectivity index (χ0n) is 15.8. The van der Waals surface area contributed by atoms with Gasteiger partial charge in [0.05, 0.1) is 27.8 Å². The number of sulfone groups is 1. The Balaban J connectivity index is 1.75. The van der Waals surface area contributed by atoms with E-state index in [4.69, 9.17) is 16.3 Å². The van der Waals surface area contributed by atoms with Crippen molar-refractivity contribution in [2.75, 3.05) is 18.6 Å². The molecule has 3 aromatic rings. The van der Waals surface area contributed by atoms with Crippen LogP contribution < -0.4 is 9.64 Å². The van der Waals surface area contributed by atoms with Gasteiger partial charge in [0.2, 0.25) is 0 Å². The van der Waals surface area contributed by atoms with Crippen LogP contribution in [-0.2, 0) is 15.6 Å². The fourth-order valence-corrected chi connectivity index (χ4v) is 6.57. The highest BCUT2D eigenvalue weighted by Crippen LogP contribution is 2.44. The van der Waals surface area contributed by atoms with Crippen LogP contribution in [0, 0.1) is 0 Å². The van der Waals surface area contributed by atoms with E-state index in [1.165, 1.54) is 22.3 Å². The number of hydrogen-bond donors (Lipinski definition) is 0. The molecule has 29 heavy (non-hydrogen) atoms. The number of amides is 1. The second-order valence-corrected chi connectivity index (χ2v) is 10.1. The Labute approximate surface area is 178 Å². The Morgan fingerprint density at radius 1 is 1.21 bits per heavy atom. The molecule has 0 N–H and O–H groups in total. The van der Waals surface area contributed by atoms with Crippen molar-refractivity contribution in [2.24, 2.45) is 0 Å². The summed E-state index contributed by atoms with van der Waals surface area (Å²) in [7, 11) is -1.82. The maximum absolute atomic E-state index is 13.2. The fraction of sp³-hybridized carbons (Fsp3) is 0.190. The maximum Gasteiger partial charge on any atom is 0.268 e. The largest absolute Gasteiger partial charge is 0.492 e. The van der Waals surface area contributed by atoms with E-state index in [1.807, 2.05) is 31.2 Å². The first-order valence-corrected chi connectivity index (χ1v) is 11.8. The molecule has 5 nitrogen and oxygen atoms in total. The van der Waals surface area contributed by atoms with Gasteiger partial charge in [0, 0.05) is 22.5 Å². The van der Waals surface area contributed by atoms with Gasteiger partial charge in [-0.05, 0) is 42.8 Å².